The van der Waals surface area contributed by atoms with Crippen LogP contribution >= 0.6 is 11.3 Å². The van der Waals surface area contributed by atoms with Crippen molar-refractivity contribution in [2.75, 3.05) is 18.2 Å². The maximum absolute atomic E-state index is 12.5. The molecule has 8 heteroatoms. The van der Waals surface area contributed by atoms with Crippen LogP contribution in [-0.2, 0) is 20.7 Å². The van der Waals surface area contributed by atoms with Crippen LogP contribution in [0.3, 0.4) is 0 Å². The Balaban J connectivity index is 2.15. The van der Waals surface area contributed by atoms with E-state index in [1.807, 2.05) is 26.0 Å². The molecule has 6 nitrogen and oxygen atoms in total. The Morgan fingerprint density at radius 3 is 2.22 bits per heavy atom. The number of thiazole rings is 1. The van der Waals surface area contributed by atoms with E-state index in [9.17, 15) is 8.42 Å². The van der Waals surface area contributed by atoms with Gasteiger partial charge in [0.1, 0.15) is 5.69 Å². The van der Waals surface area contributed by atoms with Crippen LogP contribution in [-0.4, -0.2) is 15.0 Å². The van der Waals surface area contributed by atoms with E-state index in [4.69, 9.17) is 15.8 Å². The summed E-state index contributed by atoms with van der Waals surface area (Å²) in [6, 6.07) is 3.68. The molecule has 0 saturated carbocycles. The largest absolute Gasteiger partial charge is 0.355 e. The minimum atomic E-state index is -3.79. The SMILES string of the molecule is Cc1cc(C)c(S(=O)(=O)OCCc2sc(N)[n+](N)c2C)c(C)c1. The lowest BCUT2D eigenvalue weighted by molar-refractivity contribution is -0.626. The van der Waals surface area contributed by atoms with Crippen LogP contribution in [0.25, 0.3) is 0 Å². The second kappa shape index (κ2) is 6.46. The number of benzene rings is 1. The van der Waals surface area contributed by atoms with Crippen LogP contribution in [0.15, 0.2) is 17.0 Å². The van der Waals surface area contributed by atoms with Gasteiger partial charge in [-0.2, -0.15) is 8.42 Å². The first-order valence-corrected chi connectivity index (χ1v) is 9.38. The molecule has 0 bridgehead atoms. The van der Waals surface area contributed by atoms with Gasteiger partial charge in [-0.15, -0.1) is 4.68 Å². The topological polar surface area (TPSA) is 99.3 Å². The standard InChI is InChI=1S/C15H21N3O3S2/c1-9-7-10(2)14(11(3)8-9)23(19,20)21-6-5-13-12(4)18(17)15(16)22-13/h7-8,16H,5-6,17H2,1-4H3/p+1. The van der Waals surface area contributed by atoms with Gasteiger partial charge in [-0.05, 0) is 43.2 Å². The first-order valence-electron chi connectivity index (χ1n) is 7.15. The molecule has 23 heavy (non-hydrogen) atoms. The zero-order valence-corrected chi connectivity index (χ0v) is 15.3. The highest BCUT2D eigenvalue weighted by Gasteiger charge is 2.22. The van der Waals surface area contributed by atoms with Crippen molar-refractivity contribution in [3.05, 3.63) is 39.4 Å². The fourth-order valence-corrected chi connectivity index (χ4v) is 4.89. The van der Waals surface area contributed by atoms with E-state index in [0.717, 1.165) is 16.1 Å². The van der Waals surface area contributed by atoms with Crippen LogP contribution in [0.1, 0.15) is 27.3 Å². The normalized spacial score (nSPS) is 11.8. The number of nitrogen functional groups attached to an aromatic ring is 2. The van der Waals surface area contributed by atoms with Gasteiger partial charge in [0.2, 0.25) is 0 Å². The van der Waals surface area contributed by atoms with Gasteiger partial charge in [-0.25, -0.2) is 0 Å². The fourth-order valence-electron chi connectivity index (χ4n) is 2.64. The molecule has 0 aliphatic heterocycles. The summed E-state index contributed by atoms with van der Waals surface area (Å²) in [6.07, 6.45) is 0.439. The maximum atomic E-state index is 12.5. The van der Waals surface area contributed by atoms with E-state index in [0.29, 0.717) is 22.7 Å². The molecule has 0 aliphatic carbocycles. The lowest BCUT2D eigenvalue weighted by Crippen LogP contribution is -2.47. The molecule has 0 atom stereocenters. The number of nitrogens with zero attached hydrogens (tertiary/aromatic N) is 1. The van der Waals surface area contributed by atoms with Gasteiger partial charge in [0.05, 0.1) is 16.4 Å². The van der Waals surface area contributed by atoms with Gasteiger partial charge in [0.25, 0.3) is 10.1 Å². The second-order valence-electron chi connectivity index (χ2n) is 5.57. The quantitative estimate of drug-likeness (QED) is 0.481. The molecule has 0 radical (unpaired) electrons. The summed E-state index contributed by atoms with van der Waals surface area (Å²) >= 11 is 1.34. The van der Waals surface area contributed by atoms with E-state index in [-0.39, 0.29) is 11.5 Å². The van der Waals surface area contributed by atoms with E-state index in [1.165, 1.54) is 16.0 Å². The minimum absolute atomic E-state index is 0.0515. The average molecular weight is 356 g/mol. The molecule has 0 aliphatic rings. The van der Waals surface area contributed by atoms with Crippen molar-refractivity contribution < 1.29 is 17.3 Å². The fraction of sp³-hybridized carbons (Fsp3) is 0.400. The van der Waals surface area contributed by atoms with E-state index >= 15 is 0 Å². The molecule has 126 valence electrons. The highest BCUT2D eigenvalue weighted by atomic mass is 32.2. The van der Waals surface area contributed by atoms with Gasteiger partial charge in [-0.3, -0.25) is 15.8 Å². The number of aryl methyl sites for hydroxylation is 3. The minimum Gasteiger partial charge on any atom is -0.276 e. The number of rotatable bonds is 5. The van der Waals surface area contributed by atoms with Crippen molar-refractivity contribution >= 4 is 26.6 Å². The molecule has 2 aromatic rings. The van der Waals surface area contributed by atoms with Gasteiger partial charge in [0.15, 0.2) is 0 Å². The molecule has 0 unspecified atom stereocenters. The van der Waals surface area contributed by atoms with Crippen molar-refractivity contribution in [1.29, 1.82) is 0 Å². The molecule has 0 saturated heterocycles. The summed E-state index contributed by atoms with van der Waals surface area (Å²) in [5.41, 5.74) is 8.97. The maximum Gasteiger partial charge on any atom is 0.355 e. The van der Waals surface area contributed by atoms with Crippen LogP contribution in [0.2, 0.25) is 0 Å². The zero-order chi connectivity index (χ0) is 17.4. The smallest absolute Gasteiger partial charge is 0.276 e. The van der Waals surface area contributed by atoms with Gasteiger partial charge in [0, 0.05) is 13.3 Å². The Kier molecular flexibility index (Phi) is 4.98. The van der Waals surface area contributed by atoms with E-state index in [1.54, 1.807) is 13.8 Å². The number of anilines is 1. The predicted octanol–water partition coefficient (Wildman–Crippen LogP) is 1.51. The van der Waals surface area contributed by atoms with E-state index in [2.05, 4.69) is 0 Å². The van der Waals surface area contributed by atoms with Crippen molar-refractivity contribution in [3.63, 3.8) is 0 Å². The summed E-state index contributed by atoms with van der Waals surface area (Å²) in [7, 11) is -3.79. The first-order chi connectivity index (χ1) is 10.6. The molecule has 1 aromatic carbocycles. The van der Waals surface area contributed by atoms with Gasteiger partial charge < -0.3 is 0 Å². The Hall–Kier alpha value is -1.64. The molecule has 4 N–H and O–H groups in total. The summed E-state index contributed by atoms with van der Waals surface area (Å²) in [6.45, 7) is 7.37. The Labute approximate surface area is 140 Å². The highest BCUT2D eigenvalue weighted by Crippen LogP contribution is 2.24. The van der Waals surface area contributed by atoms with Crippen molar-refractivity contribution in [2.45, 2.75) is 39.0 Å². The monoisotopic (exact) mass is 356 g/mol. The van der Waals surface area contributed by atoms with Crippen molar-refractivity contribution in [1.82, 2.24) is 0 Å². The lowest BCUT2D eigenvalue weighted by atomic mass is 10.1. The molecule has 0 amide bonds. The molecular formula is C15H22N3O3S2+. The molecular weight excluding hydrogens is 334 g/mol. The summed E-state index contributed by atoms with van der Waals surface area (Å²) < 4.78 is 31.5. The summed E-state index contributed by atoms with van der Waals surface area (Å²) in [5, 5.41) is 0.477. The Bertz CT molecular complexity index is 819. The van der Waals surface area contributed by atoms with Crippen LogP contribution in [0, 0.1) is 27.7 Å². The summed E-state index contributed by atoms with van der Waals surface area (Å²) in [4.78, 5) is 1.16. The predicted molar refractivity (Wildman–Crippen MR) is 91.3 cm³/mol. The number of nitrogens with two attached hydrogens (primary N) is 2. The van der Waals surface area contributed by atoms with Crippen molar-refractivity contribution in [3.8, 4) is 0 Å². The molecule has 0 spiro atoms. The average Bonchev–Trinajstić information content (AvgIpc) is 2.64. The third kappa shape index (κ3) is 3.65. The molecule has 0 fully saturated rings. The number of aromatic nitrogens is 1. The van der Waals surface area contributed by atoms with Crippen LogP contribution in [0.5, 0.6) is 0 Å². The molecule has 1 heterocycles. The zero-order valence-electron chi connectivity index (χ0n) is 13.7. The third-order valence-corrected chi connectivity index (χ3v) is 6.43. The number of hydrogen-bond donors (Lipinski definition) is 2. The summed E-state index contributed by atoms with van der Waals surface area (Å²) in [5.74, 6) is 5.75. The lowest BCUT2D eigenvalue weighted by Gasteiger charge is -2.12. The Morgan fingerprint density at radius 2 is 1.74 bits per heavy atom. The van der Waals surface area contributed by atoms with Crippen LogP contribution in [0.4, 0.5) is 5.13 Å². The van der Waals surface area contributed by atoms with Gasteiger partial charge in [-0.1, -0.05) is 17.7 Å². The van der Waals surface area contributed by atoms with Gasteiger partial charge >= 0.3 is 5.13 Å². The second-order valence-corrected chi connectivity index (χ2v) is 8.24. The highest BCUT2D eigenvalue weighted by molar-refractivity contribution is 7.86. The number of hydrogen-bond acceptors (Lipinski definition) is 6. The Morgan fingerprint density at radius 1 is 1.17 bits per heavy atom. The third-order valence-electron chi connectivity index (χ3n) is 3.65. The first kappa shape index (κ1) is 17.7. The van der Waals surface area contributed by atoms with E-state index < -0.39 is 10.1 Å². The van der Waals surface area contributed by atoms with Crippen LogP contribution < -0.4 is 16.3 Å². The molecule has 1 aromatic heterocycles. The molecule has 2 rings (SSSR count). The van der Waals surface area contributed by atoms with Crippen molar-refractivity contribution in [2.24, 2.45) is 0 Å².